The third kappa shape index (κ3) is 2.09. The number of Topliss-reactive ketones (excluding diaryl/α,β-unsaturated/α-hetero) is 1. The molecule has 3 N–H and O–H groups in total. The van der Waals surface area contributed by atoms with Crippen LogP contribution < -0.4 is 5.73 Å². The molecule has 0 bridgehead atoms. The number of anilines is 1. The van der Waals surface area contributed by atoms with Crippen molar-refractivity contribution in [3.8, 4) is 0 Å². The fraction of sp³-hybridized carbons (Fsp3) is 0.462. The minimum Gasteiger partial charge on any atom is -0.398 e. The van der Waals surface area contributed by atoms with E-state index >= 15 is 0 Å². The summed E-state index contributed by atoms with van der Waals surface area (Å²) < 4.78 is 0. The van der Waals surface area contributed by atoms with Gasteiger partial charge in [-0.15, -0.1) is 0 Å². The number of aliphatic hydroxyl groups is 1. The Balaban J connectivity index is 2.21. The van der Waals surface area contributed by atoms with E-state index in [9.17, 15) is 9.90 Å². The molecule has 0 saturated heterocycles. The molecule has 1 fully saturated rings. The van der Waals surface area contributed by atoms with Crippen molar-refractivity contribution in [2.75, 3.05) is 5.73 Å². The van der Waals surface area contributed by atoms with Crippen LogP contribution in [0.3, 0.4) is 0 Å². The van der Waals surface area contributed by atoms with Gasteiger partial charge < -0.3 is 10.8 Å². The van der Waals surface area contributed by atoms with Crippen LogP contribution in [0.4, 0.5) is 5.69 Å². The Morgan fingerprint density at radius 2 is 1.94 bits per heavy atom. The minimum atomic E-state index is -0.499. The number of hydrogen-bond donors (Lipinski definition) is 2. The van der Waals surface area contributed by atoms with Crippen LogP contribution in [0, 0.1) is 5.92 Å². The van der Waals surface area contributed by atoms with Gasteiger partial charge in [0.15, 0.2) is 5.78 Å². The molecule has 0 aliphatic heterocycles. The van der Waals surface area contributed by atoms with Gasteiger partial charge in [-0.25, -0.2) is 0 Å². The number of ketones is 1. The zero-order chi connectivity index (χ0) is 11.5. The topological polar surface area (TPSA) is 63.3 Å². The van der Waals surface area contributed by atoms with Crippen molar-refractivity contribution in [3.63, 3.8) is 0 Å². The number of para-hydroxylation sites is 1. The number of benzene rings is 1. The molecule has 3 heteroatoms. The molecule has 0 radical (unpaired) electrons. The molecule has 1 aliphatic carbocycles. The summed E-state index contributed by atoms with van der Waals surface area (Å²) in [5, 5.41) is 9.83. The Morgan fingerprint density at radius 3 is 2.62 bits per heavy atom. The number of nitrogens with two attached hydrogens (primary N) is 1. The fourth-order valence-electron chi connectivity index (χ4n) is 2.34. The highest BCUT2D eigenvalue weighted by Gasteiger charge is 2.30. The molecule has 0 aromatic heterocycles. The Kier molecular flexibility index (Phi) is 3.25. The molecule has 2 unspecified atom stereocenters. The lowest BCUT2D eigenvalue weighted by atomic mass is 9.81. The lowest BCUT2D eigenvalue weighted by Gasteiger charge is -2.26. The average molecular weight is 219 g/mol. The smallest absolute Gasteiger partial charge is 0.170 e. The van der Waals surface area contributed by atoms with E-state index in [1.807, 2.05) is 6.07 Å². The summed E-state index contributed by atoms with van der Waals surface area (Å²) in [7, 11) is 0. The van der Waals surface area contributed by atoms with Crippen molar-refractivity contribution < 1.29 is 9.90 Å². The van der Waals surface area contributed by atoms with Crippen LogP contribution in [0.1, 0.15) is 36.0 Å². The third-order valence-electron chi connectivity index (χ3n) is 3.29. The summed E-state index contributed by atoms with van der Waals surface area (Å²) in [4.78, 5) is 12.2. The highest BCUT2D eigenvalue weighted by atomic mass is 16.3. The predicted octanol–water partition coefficient (Wildman–Crippen LogP) is 2.00. The standard InChI is InChI=1S/C13H17NO2/c14-11-7-3-1-5-9(11)13(16)10-6-2-4-8-12(10)15/h1,3,5,7,10,12,15H,2,4,6,8,14H2. The van der Waals surface area contributed by atoms with Gasteiger partial charge in [-0.2, -0.15) is 0 Å². The van der Waals surface area contributed by atoms with E-state index in [-0.39, 0.29) is 11.7 Å². The van der Waals surface area contributed by atoms with E-state index in [1.165, 1.54) is 0 Å². The summed E-state index contributed by atoms with van der Waals surface area (Å²) in [6.07, 6.45) is 3.02. The third-order valence-corrected chi connectivity index (χ3v) is 3.29. The van der Waals surface area contributed by atoms with Gasteiger partial charge in [0.2, 0.25) is 0 Å². The molecule has 0 amide bonds. The van der Waals surface area contributed by atoms with E-state index in [0.29, 0.717) is 11.3 Å². The number of rotatable bonds is 2. The van der Waals surface area contributed by atoms with Gasteiger partial charge in [-0.05, 0) is 25.0 Å². The SMILES string of the molecule is Nc1ccccc1C(=O)C1CCCCC1O. The van der Waals surface area contributed by atoms with E-state index in [4.69, 9.17) is 5.73 Å². The van der Waals surface area contributed by atoms with Crippen molar-refractivity contribution in [1.82, 2.24) is 0 Å². The van der Waals surface area contributed by atoms with Gasteiger partial charge in [0.1, 0.15) is 0 Å². The van der Waals surface area contributed by atoms with Crippen LogP contribution in [-0.4, -0.2) is 17.0 Å². The van der Waals surface area contributed by atoms with Crippen molar-refractivity contribution in [2.24, 2.45) is 5.92 Å². The summed E-state index contributed by atoms with van der Waals surface area (Å²) in [5.74, 6) is -0.274. The summed E-state index contributed by atoms with van der Waals surface area (Å²) in [6.45, 7) is 0. The molecule has 86 valence electrons. The molecule has 1 saturated carbocycles. The quantitative estimate of drug-likeness (QED) is 0.590. The van der Waals surface area contributed by atoms with E-state index in [2.05, 4.69) is 0 Å². The van der Waals surface area contributed by atoms with Crippen LogP contribution in [0.2, 0.25) is 0 Å². The zero-order valence-electron chi connectivity index (χ0n) is 9.23. The first-order valence-electron chi connectivity index (χ1n) is 5.77. The Morgan fingerprint density at radius 1 is 1.25 bits per heavy atom. The molecule has 16 heavy (non-hydrogen) atoms. The van der Waals surface area contributed by atoms with Crippen molar-refractivity contribution in [3.05, 3.63) is 29.8 Å². The molecule has 1 aromatic rings. The second-order valence-corrected chi connectivity index (χ2v) is 4.41. The molecule has 1 aromatic carbocycles. The first kappa shape index (κ1) is 11.1. The maximum absolute atomic E-state index is 12.2. The van der Waals surface area contributed by atoms with Crippen LogP contribution in [0.5, 0.6) is 0 Å². The van der Waals surface area contributed by atoms with Crippen molar-refractivity contribution in [1.29, 1.82) is 0 Å². The summed E-state index contributed by atoms with van der Waals surface area (Å²) in [5.41, 5.74) is 6.83. The van der Waals surface area contributed by atoms with E-state index < -0.39 is 6.10 Å². The summed E-state index contributed by atoms with van der Waals surface area (Å²) in [6, 6.07) is 7.07. The predicted molar refractivity (Wildman–Crippen MR) is 63.1 cm³/mol. The fourth-order valence-corrected chi connectivity index (χ4v) is 2.34. The van der Waals surface area contributed by atoms with Gasteiger partial charge in [0.25, 0.3) is 0 Å². The Bertz CT molecular complexity index is 389. The minimum absolute atomic E-state index is 0.00898. The first-order valence-corrected chi connectivity index (χ1v) is 5.77. The monoisotopic (exact) mass is 219 g/mol. The van der Waals surface area contributed by atoms with E-state index in [0.717, 1.165) is 25.7 Å². The number of carbonyl (C=O) groups excluding carboxylic acids is 1. The normalized spacial score (nSPS) is 25.3. The van der Waals surface area contributed by atoms with Gasteiger partial charge in [-0.3, -0.25) is 4.79 Å². The van der Waals surface area contributed by atoms with Crippen molar-refractivity contribution >= 4 is 11.5 Å². The lowest BCUT2D eigenvalue weighted by molar-refractivity contribution is 0.0526. The second-order valence-electron chi connectivity index (χ2n) is 4.41. The Hall–Kier alpha value is -1.35. The Labute approximate surface area is 95.3 Å². The maximum Gasteiger partial charge on any atom is 0.170 e. The molecule has 0 spiro atoms. The number of carbonyl (C=O) groups is 1. The van der Waals surface area contributed by atoms with Crippen LogP contribution in [-0.2, 0) is 0 Å². The highest BCUT2D eigenvalue weighted by molar-refractivity contribution is 6.02. The molecule has 0 heterocycles. The molecule has 3 nitrogen and oxygen atoms in total. The van der Waals surface area contributed by atoms with Gasteiger partial charge in [0.05, 0.1) is 6.10 Å². The van der Waals surface area contributed by atoms with E-state index in [1.54, 1.807) is 18.2 Å². The number of aliphatic hydroxyl groups excluding tert-OH is 1. The summed E-state index contributed by atoms with van der Waals surface area (Å²) >= 11 is 0. The molecule has 2 rings (SSSR count). The van der Waals surface area contributed by atoms with Crippen LogP contribution in [0.25, 0.3) is 0 Å². The van der Waals surface area contributed by atoms with Crippen LogP contribution >= 0.6 is 0 Å². The first-order chi connectivity index (χ1) is 7.70. The van der Waals surface area contributed by atoms with Gasteiger partial charge >= 0.3 is 0 Å². The average Bonchev–Trinajstić information content (AvgIpc) is 2.29. The number of nitrogen functional groups attached to an aromatic ring is 1. The molecular formula is C13H17NO2. The lowest BCUT2D eigenvalue weighted by Crippen LogP contribution is -2.31. The maximum atomic E-state index is 12.2. The molecule has 2 atom stereocenters. The largest absolute Gasteiger partial charge is 0.398 e. The second kappa shape index (κ2) is 4.66. The molecule has 1 aliphatic rings. The van der Waals surface area contributed by atoms with Crippen LogP contribution in [0.15, 0.2) is 24.3 Å². The van der Waals surface area contributed by atoms with Gasteiger partial charge in [-0.1, -0.05) is 25.0 Å². The molecular weight excluding hydrogens is 202 g/mol. The van der Waals surface area contributed by atoms with Crippen molar-refractivity contribution in [2.45, 2.75) is 31.8 Å². The highest BCUT2D eigenvalue weighted by Crippen LogP contribution is 2.28. The zero-order valence-corrected chi connectivity index (χ0v) is 9.23. The number of hydrogen-bond acceptors (Lipinski definition) is 3. The van der Waals surface area contributed by atoms with Gasteiger partial charge in [0, 0.05) is 17.2 Å².